The van der Waals surface area contributed by atoms with Crippen LogP contribution in [0.25, 0.3) is 0 Å². The third-order valence-corrected chi connectivity index (χ3v) is 6.20. The van der Waals surface area contributed by atoms with E-state index in [1.807, 2.05) is 18.2 Å². The number of sulfonamides is 1. The molecule has 0 amide bonds. The molecule has 0 bridgehead atoms. The van der Waals surface area contributed by atoms with Crippen LogP contribution in [-0.4, -0.2) is 49.3 Å². The Labute approximate surface area is 158 Å². The first-order valence-corrected chi connectivity index (χ1v) is 10.5. The largest absolute Gasteiger partial charge is 0.492 e. The molecule has 1 aliphatic heterocycles. The number of aromatic nitrogens is 1. The van der Waals surface area contributed by atoms with Crippen molar-refractivity contribution in [2.24, 2.45) is 0 Å². The van der Waals surface area contributed by atoms with E-state index in [2.05, 4.69) is 4.98 Å². The van der Waals surface area contributed by atoms with Crippen LogP contribution in [0.4, 0.5) is 0 Å². The van der Waals surface area contributed by atoms with Crippen molar-refractivity contribution >= 4 is 21.6 Å². The molecule has 6 nitrogen and oxygen atoms in total. The zero-order valence-corrected chi connectivity index (χ0v) is 15.8. The van der Waals surface area contributed by atoms with Crippen molar-refractivity contribution in [3.63, 3.8) is 0 Å². The summed E-state index contributed by atoms with van der Waals surface area (Å²) in [6.07, 6.45) is 4.40. The number of para-hydroxylation sites is 1. The van der Waals surface area contributed by atoms with Gasteiger partial charge in [-0.25, -0.2) is 8.42 Å². The molecule has 1 atom stereocenters. The number of hydrogen-bond donors (Lipinski definition) is 0. The topological polar surface area (TPSA) is 68.7 Å². The minimum Gasteiger partial charge on any atom is -0.492 e. The summed E-state index contributed by atoms with van der Waals surface area (Å²) in [6, 6.07) is 10.9. The van der Waals surface area contributed by atoms with E-state index >= 15 is 0 Å². The van der Waals surface area contributed by atoms with Crippen LogP contribution in [0.3, 0.4) is 0 Å². The molecule has 2 heterocycles. The molecular weight excluding hydrogens is 376 g/mol. The normalized spacial score (nSPS) is 18.4. The van der Waals surface area contributed by atoms with Crippen molar-refractivity contribution in [3.8, 4) is 11.5 Å². The van der Waals surface area contributed by atoms with Crippen LogP contribution in [0.2, 0.25) is 5.02 Å². The van der Waals surface area contributed by atoms with Crippen LogP contribution in [-0.2, 0) is 10.0 Å². The standard InChI is InChI=1S/C18H21ClN2O4S/c19-17-13-20-9-8-18(17)25-16-7-4-10-21(14-16)26(22,23)12-11-24-15-5-2-1-3-6-15/h1-3,5-6,8-9,13,16H,4,7,10-12,14H2. The Kier molecular flexibility index (Phi) is 6.34. The van der Waals surface area contributed by atoms with Gasteiger partial charge in [-0.1, -0.05) is 29.8 Å². The summed E-state index contributed by atoms with van der Waals surface area (Å²) in [5.41, 5.74) is 0. The average molecular weight is 397 g/mol. The maximum Gasteiger partial charge on any atom is 0.217 e. The molecule has 1 unspecified atom stereocenters. The summed E-state index contributed by atoms with van der Waals surface area (Å²) in [5.74, 6) is 1.12. The lowest BCUT2D eigenvalue weighted by atomic mass is 10.1. The Bertz CT molecular complexity index is 817. The van der Waals surface area contributed by atoms with Gasteiger partial charge in [0.15, 0.2) is 0 Å². The highest BCUT2D eigenvalue weighted by atomic mass is 35.5. The first-order chi connectivity index (χ1) is 12.5. The number of rotatable bonds is 7. The molecule has 0 N–H and O–H groups in total. The number of hydrogen-bond acceptors (Lipinski definition) is 5. The second-order valence-electron chi connectivity index (χ2n) is 6.02. The van der Waals surface area contributed by atoms with Gasteiger partial charge in [0.25, 0.3) is 0 Å². The van der Waals surface area contributed by atoms with Crippen LogP contribution in [0.15, 0.2) is 48.8 Å². The van der Waals surface area contributed by atoms with Crippen LogP contribution in [0.5, 0.6) is 11.5 Å². The fraction of sp³-hybridized carbons (Fsp3) is 0.389. The second-order valence-corrected chi connectivity index (χ2v) is 8.52. The Morgan fingerprint density at radius 1 is 1.23 bits per heavy atom. The van der Waals surface area contributed by atoms with Crippen molar-refractivity contribution in [2.75, 3.05) is 25.4 Å². The minimum absolute atomic E-state index is 0.0649. The highest BCUT2D eigenvalue weighted by Crippen LogP contribution is 2.26. The van der Waals surface area contributed by atoms with Gasteiger partial charge in [-0.2, -0.15) is 4.31 Å². The fourth-order valence-corrected chi connectivity index (χ4v) is 4.32. The molecule has 1 aliphatic rings. The van der Waals surface area contributed by atoms with Crippen molar-refractivity contribution in [3.05, 3.63) is 53.8 Å². The van der Waals surface area contributed by atoms with Gasteiger partial charge >= 0.3 is 0 Å². The highest BCUT2D eigenvalue weighted by molar-refractivity contribution is 7.89. The zero-order chi connectivity index (χ0) is 18.4. The molecule has 1 fully saturated rings. The van der Waals surface area contributed by atoms with Gasteiger partial charge in [-0.3, -0.25) is 4.98 Å². The van der Waals surface area contributed by atoms with E-state index in [-0.39, 0.29) is 18.5 Å². The van der Waals surface area contributed by atoms with E-state index < -0.39 is 10.0 Å². The van der Waals surface area contributed by atoms with E-state index in [1.165, 1.54) is 10.5 Å². The Hall–Kier alpha value is -1.83. The molecule has 0 aliphatic carbocycles. The maximum atomic E-state index is 12.6. The molecule has 1 saturated heterocycles. The van der Waals surface area contributed by atoms with Crippen LogP contribution in [0, 0.1) is 0 Å². The molecule has 8 heteroatoms. The summed E-state index contributed by atoms with van der Waals surface area (Å²) in [7, 11) is -3.41. The fourth-order valence-electron chi connectivity index (χ4n) is 2.80. The van der Waals surface area contributed by atoms with Crippen molar-refractivity contribution in [1.29, 1.82) is 0 Å². The van der Waals surface area contributed by atoms with Crippen molar-refractivity contribution < 1.29 is 17.9 Å². The summed E-state index contributed by atoms with van der Waals surface area (Å²) in [4.78, 5) is 3.92. The van der Waals surface area contributed by atoms with Gasteiger partial charge in [-0.15, -0.1) is 0 Å². The first-order valence-electron chi connectivity index (χ1n) is 8.46. The third kappa shape index (κ3) is 5.09. The number of ether oxygens (including phenoxy) is 2. The molecule has 0 radical (unpaired) electrons. The Morgan fingerprint density at radius 2 is 2.04 bits per heavy atom. The SMILES string of the molecule is O=S(=O)(CCOc1ccccc1)N1CCCC(Oc2ccncc2Cl)C1. The first kappa shape index (κ1) is 18.9. The number of halogens is 1. The lowest BCUT2D eigenvalue weighted by molar-refractivity contribution is 0.129. The number of benzene rings is 1. The molecule has 1 aromatic carbocycles. The van der Waals surface area contributed by atoms with E-state index in [0.717, 1.165) is 12.8 Å². The molecule has 140 valence electrons. The maximum absolute atomic E-state index is 12.6. The molecule has 0 saturated carbocycles. The van der Waals surface area contributed by atoms with Crippen LogP contribution in [0.1, 0.15) is 12.8 Å². The molecule has 3 rings (SSSR count). The van der Waals surface area contributed by atoms with E-state index in [0.29, 0.717) is 29.6 Å². The molecule has 2 aromatic rings. The van der Waals surface area contributed by atoms with Gasteiger partial charge in [0.2, 0.25) is 10.0 Å². The van der Waals surface area contributed by atoms with Gasteiger partial charge in [0.05, 0.1) is 12.3 Å². The molecule has 1 aromatic heterocycles. The quantitative estimate of drug-likeness (QED) is 0.719. The minimum atomic E-state index is -3.41. The highest BCUT2D eigenvalue weighted by Gasteiger charge is 2.30. The summed E-state index contributed by atoms with van der Waals surface area (Å²) in [6.45, 7) is 0.925. The van der Waals surface area contributed by atoms with Crippen LogP contribution < -0.4 is 9.47 Å². The van der Waals surface area contributed by atoms with E-state index in [1.54, 1.807) is 24.4 Å². The summed E-state index contributed by atoms with van der Waals surface area (Å²) < 4.78 is 38.1. The predicted octanol–water partition coefficient (Wildman–Crippen LogP) is 2.99. The molecule has 26 heavy (non-hydrogen) atoms. The van der Waals surface area contributed by atoms with E-state index in [4.69, 9.17) is 21.1 Å². The number of nitrogens with zero attached hydrogens (tertiary/aromatic N) is 2. The Balaban J connectivity index is 1.55. The average Bonchev–Trinajstić information content (AvgIpc) is 2.65. The van der Waals surface area contributed by atoms with Gasteiger partial charge in [-0.05, 0) is 25.0 Å². The van der Waals surface area contributed by atoms with Gasteiger partial charge in [0, 0.05) is 25.0 Å². The van der Waals surface area contributed by atoms with E-state index in [9.17, 15) is 8.42 Å². The van der Waals surface area contributed by atoms with Crippen molar-refractivity contribution in [1.82, 2.24) is 9.29 Å². The van der Waals surface area contributed by atoms with Crippen LogP contribution >= 0.6 is 11.6 Å². The monoisotopic (exact) mass is 396 g/mol. The zero-order valence-electron chi connectivity index (χ0n) is 14.3. The lowest BCUT2D eigenvalue weighted by Crippen LogP contribution is -2.45. The number of piperidine rings is 1. The predicted molar refractivity (Wildman–Crippen MR) is 100 cm³/mol. The summed E-state index contributed by atoms with van der Waals surface area (Å²) >= 11 is 6.06. The molecule has 0 spiro atoms. The Morgan fingerprint density at radius 3 is 2.81 bits per heavy atom. The smallest absolute Gasteiger partial charge is 0.217 e. The lowest BCUT2D eigenvalue weighted by Gasteiger charge is -2.32. The van der Waals surface area contributed by atoms with Gasteiger partial charge < -0.3 is 9.47 Å². The van der Waals surface area contributed by atoms with Gasteiger partial charge in [0.1, 0.15) is 29.2 Å². The second kappa shape index (κ2) is 8.70. The number of pyridine rings is 1. The van der Waals surface area contributed by atoms with Crippen molar-refractivity contribution in [2.45, 2.75) is 18.9 Å². The molecular formula is C18H21ClN2O4S. The summed E-state index contributed by atoms with van der Waals surface area (Å²) in [5, 5.41) is 0.420. The third-order valence-electron chi connectivity index (χ3n) is 4.12.